The summed E-state index contributed by atoms with van der Waals surface area (Å²) in [5.41, 5.74) is 0. The van der Waals surface area contributed by atoms with Gasteiger partial charge in [0.25, 0.3) is 0 Å². The molecule has 0 fully saturated rings. The van der Waals surface area contributed by atoms with Gasteiger partial charge in [-0.1, -0.05) is 291 Å². The van der Waals surface area contributed by atoms with Gasteiger partial charge in [0.05, 0.1) is 0 Å². The number of esters is 3. The van der Waals surface area contributed by atoms with Gasteiger partial charge < -0.3 is 14.2 Å². The molecule has 0 radical (unpaired) electrons. The highest BCUT2D eigenvalue weighted by molar-refractivity contribution is 5.71. The van der Waals surface area contributed by atoms with E-state index >= 15 is 0 Å². The van der Waals surface area contributed by atoms with Crippen LogP contribution in [0.5, 0.6) is 0 Å². The van der Waals surface area contributed by atoms with E-state index in [9.17, 15) is 14.4 Å². The minimum absolute atomic E-state index is 0.0915. The molecule has 0 N–H and O–H groups in total. The van der Waals surface area contributed by atoms with Crippen molar-refractivity contribution in [3.63, 3.8) is 0 Å². The predicted molar refractivity (Wildman–Crippen MR) is 348 cm³/mol. The van der Waals surface area contributed by atoms with Crippen LogP contribution in [0.1, 0.15) is 323 Å². The second-order valence-corrected chi connectivity index (χ2v) is 22.3. The summed E-state index contributed by atoms with van der Waals surface area (Å²) in [6.45, 7) is 6.40. The summed E-state index contributed by atoms with van der Waals surface area (Å²) < 4.78 is 16.9. The zero-order valence-electron chi connectivity index (χ0n) is 52.6. The van der Waals surface area contributed by atoms with Crippen molar-refractivity contribution in [3.8, 4) is 0 Å². The Labute approximate surface area is 495 Å². The lowest BCUT2D eigenvalue weighted by molar-refractivity contribution is -0.167. The van der Waals surface area contributed by atoms with Gasteiger partial charge in [0, 0.05) is 19.3 Å². The third-order valence-corrected chi connectivity index (χ3v) is 14.5. The fourth-order valence-corrected chi connectivity index (χ4v) is 9.48. The molecule has 0 aromatic carbocycles. The van der Waals surface area contributed by atoms with Crippen LogP contribution >= 0.6 is 0 Å². The van der Waals surface area contributed by atoms with Crippen molar-refractivity contribution in [1.29, 1.82) is 0 Å². The normalized spacial score (nSPS) is 12.8. The van der Waals surface area contributed by atoms with Crippen molar-refractivity contribution >= 4 is 17.9 Å². The SMILES string of the molecule is CC/C=C\C/C=C\C/C=C\C/C=C\CCCCCCCCCCCCCCCCCCC(=O)OCC(COC(=O)CCCC/C=C\C/C=C\C/C=C\C/C=C\CC)OC(=O)CCCCCCCCC/C=C\CCCCCCCCC. The first-order valence-electron chi connectivity index (χ1n) is 33.9. The van der Waals surface area contributed by atoms with Crippen molar-refractivity contribution in [2.24, 2.45) is 0 Å². The molecular formula is C74H126O6. The fraction of sp³-hybridized carbons (Fsp3) is 0.716. The number of ether oxygens (including phenoxy) is 3. The van der Waals surface area contributed by atoms with Crippen molar-refractivity contribution in [1.82, 2.24) is 0 Å². The Bertz CT molecular complexity index is 1610. The average molecular weight is 1110 g/mol. The molecule has 0 spiro atoms. The van der Waals surface area contributed by atoms with Crippen molar-refractivity contribution < 1.29 is 28.6 Å². The highest BCUT2D eigenvalue weighted by Gasteiger charge is 2.19. The van der Waals surface area contributed by atoms with Gasteiger partial charge in [-0.05, 0) is 122 Å². The summed E-state index contributed by atoms with van der Waals surface area (Å²) in [6, 6.07) is 0. The molecule has 0 aliphatic heterocycles. The molecule has 6 heteroatoms. The van der Waals surface area contributed by atoms with E-state index in [1.807, 2.05) is 0 Å². The molecule has 0 bridgehead atoms. The van der Waals surface area contributed by atoms with E-state index < -0.39 is 6.10 Å². The molecule has 1 unspecified atom stereocenters. The molecule has 0 aromatic heterocycles. The lowest BCUT2D eigenvalue weighted by atomic mass is 10.0. The van der Waals surface area contributed by atoms with Crippen LogP contribution in [0.4, 0.5) is 0 Å². The Hall–Kier alpha value is -3.93. The number of allylic oxidation sites excluding steroid dienone is 18. The van der Waals surface area contributed by atoms with Crippen LogP contribution in [-0.4, -0.2) is 37.2 Å². The average Bonchev–Trinajstić information content (AvgIpc) is 3.46. The van der Waals surface area contributed by atoms with Crippen LogP contribution in [0, 0.1) is 0 Å². The Kier molecular flexibility index (Phi) is 64.3. The maximum atomic E-state index is 12.9. The maximum absolute atomic E-state index is 12.9. The third kappa shape index (κ3) is 64.9. The van der Waals surface area contributed by atoms with Crippen LogP contribution in [0.2, 0.25) is 0 Å². The van der Waals surface area contributed by atoms with Gasteiger partial charge in [0.15, 0.2) is 6.10 Å². The summed E-state index contributed by atoms with van der Waals surface area (Å²) in [7, 11) is 0. The zero-order valence-corrected chi connectivity index (χ0v) is 52.6. The first kappa shape index (κ1) is 76.1. The van der Waals surface area contributed by atoms with Gasteiger partial charge in [-0.2, -0.15) is 0 Å². The number of hydrogen-bond acceptors (Lipinski definition) is 6. The molecule has 1 atom stereocenters. The summed E-state index contributed by atoms with van der Waals surface area (Å²) >= 11 is 0. The number of hydrogen-bond donors (Lipinski definition) is 0. The van der Waals surface area contributed by atoms with Crippen LogP contribution in [-0.2, 0) is 28.6 Å². The minimum Gasteiger partial charge on any atom is -0.462 e. The highest BCUT2D eigenvalue weighted by Crippen LogP contribution is 2.17. The molecule has 0 aliphatic rings. The van der Waals surface area contributed by atoms with E-state index in [4.69, 9.17) is 14.2 Å². The van der Waals surface area contributed by atoms with Gasteiger partial charge in [-0.3, -0.25) is 14.4 Å². The van der Waals surface area contributed by atoms with Crippen LogP contribution in [0.15, 0.2) is 109 Å². The topological polar surface area (TPSA) is 78.9 Å². The van der Waals surface area contributed by atoms with Crippen molar-refractivity contribution in [2.45, 2.75) is 329 Å². The Morgan fingerprint density at radius 1 is 0.263 bits per heavy atom. The first-order valence-corrected chi connectivity index (χ1v) is 33.9. The van der Waals surface area contributed by atoms with Crippen molar-refractivity contribution in [3.05, 3.63) is 109 Å². The molecule has 80 heavy (non-hydrogen) atoms. The molecule has 0 aromatic rings. The molecule has 0 heterocycles. The van der Waals surface area contributed by atoms with E-state index in [-0.39, 0.29) is 31.1 Å². The van der Waals surface area contributed by atoms with E-state index in [1.54, 1.807) is 0 Å². The predicted octanol–water partition coefficient (Wildman–Crippen LogP) is 23.4. The monoisotopic (exact) mass is 1110 g/mol. The first-order chi connectivity index (χ1) is 39.5. The highest BCUT2D eigenvalue weighted by atomic mass is 16.6. The number of unbranched alkanes of at least 4 members (excludes halogenated alkanes) is 32. The number of carbonyl (C=O) groups is 3. The van der Waals surface area contributed by atoms with Crippen LogP contribution in [0.25, 0.3) is 0 Å². The van der Waals surface area contributed by atoms with Gasteiger partial charge in [0.2, 0.25) is 0 Å². The number of carbonyl (C=O) groups excluding carboxylic acids is 3. The van der Waals surface area contributed by atoms with E-state index in [0.29, 0.717) is 19.3 Å². The van der Waals surface area contributed by atoms with Gasteiger partial charge >= 0.3 is 17.9 Å². The smallest absolute Gasteiger partial charge is 0.306 e. The van der Waals surface area contributed by atoms with E-state index in [1.165, 1.54) is 173 Å². The Morgan fingerprint density at radius 2 is 0.487 bits per heavy atom. The van der Waals surface area contributed by atoms with Crippen molar-refractivity contribution in [2.75, 3.05) is 13.2 Å². The molecule has 6 nitrogen and oxygen atoms in total. The largest absolute Gasteiger partial charge is 0.462 e. The Balaban J connectivity index is 4.30. The maximum Gasteiger partial charge on any atom is 0.306 e. The van der Waals surface area contributed by atoms with Crippen LogP contribution < -0.4 is 0 Å². The second-order valence-electron chi connectivity index (χ2n) is 22.3. The summed E-state index contributed by atoms with van der Waals surface area (Å²) in [4.78, 5) is 38.4. The zero-order chi connectivity index (χ0) is 57.8. The van der Waals surface area contributed by atoms with Gasteiger partial charge in [-0.25, -0.2) is 0 Å². The molecule has 0 rings (SSSR count). The van der Waals surface area contributed by atoms with E-state index in [0.717, 1.165) is 109 Å². The molecule has 0 saturated heterocycles. The summed E-state index contributed by atoms with van der Waals surface area (Å²) in [5.74, 6) is -0.928. The minimum atomic E-state index is -0.799. The van der Waals surface area contributed by atoms with Gasteiger partial charge in [-0.15, -0.1) is 0 Å². The summed E-state index contributed by atoms with van der Waals surface area (Å²) in [5, 5.41) is 0. The molecule has 458 valence electrons. The van der Waals surface area contributed by atoms with E-state index in [2.05, 4.69) is 130 Å². The second kappa shape index (κ2) is 67.6. The molecule has 0 saturated carbocycles. The van der Waals surface area contributed by atoms with Crippen LogP contribution in [0.3, 0.4) is 0 Å². The lowest BCUT2D eigenvalue weighted by Crippen LogP contribution is -2.30. The standard InChI is InChI=1S/C74H126O6/c1-4-7-10-13-16-19-22-25-28-30-32-33-34-35-36-37-38-39-40-41-42-44-46-49-52-55-58-61-64-67-73(76)79-70-71(69-78-72(75)66-63-60-57-54-51-48-45-27-24-21-18-15-12-9-6-3)80-74(77)68-65-62-59-56-53-50-47-43-31-29-26-23-20-17-14-11-8-5-2/h7,9-10,12,16,18-19,21,25,27-29,31-33,45,51,54,71H,4-6,8,11,13-15,17,20,22-24,26,30,34-44,46-50,52-53,55-70H2,1-3H3/b10-7-,12-9-,19-16-,21-18-,28-25-,31-29-,33-32-,45-27-,54-51-. The molecular weight excluding hydrogens is 985 g/mol. The lowest BCUT2D eigenvalue weighted by Gasteiger charge is -2.18. The molecule has 0 aliphatic carbocycles. The summed E-state index contributed by atoms with van der Waals surface area (Å²) in [6.07, 6.45) is 92.6. The number of rotatable bonds is 61. The quantitative estimate of drug-likeness (QED) is 0.0261. The third-order valence-electron chi connectivity index (χ3n) is 14.5. The fourth-order valence-electron chi connectivity index (χ4n) is 9.48. The Morgan fingerprint density at radius 3 is 0.800 bits per heavy atom. The van der Waals surface area contributed by atoms with Gasteiger partial charge in [0.1, 0.15) is 13.2 Å². The molecule has 0 amide bonds.